The number of ether oxygens (including phenoxy) is 2. The Balaban J connectivity index is 1.96. The summed E-state index contributed by atoms with van der Waals surface area (Å²) in [6, 6.07) is 6.76. The number of amides is 1. The largest absolute Gasteiger partial charge is 0.491 e. The van der Waals surface area contributed by atoms with Gasteiger partial charge in [-0.1, -0.05) is 11.3 Å². The minimum atomic E-state index is -0.431. The Kier molecular flexibility index (Phi) is 7.26. The average Bonchev–Trinajstić information content (AvgIpc) is 2.95. The number of thiazole rings is 1. The molecule has 0 saturated carbocycles. The topological polar surface area (TPSA) is 89.6 Å². The second-order valence-corrected chi connectivity index (χ2v) is 7.16. The van der Waals surface area contributed by atoms with Gasteiger partial charge in [0.1, 0.15) is 10.6 Å². The van der Waals surface area contributed by atoms with Gasteiger partial charge in [-0.25, -0.2) is 9.78 Å². The Morgan fingerprint density at radius 1 is 1.26 bits per heavy atom. The number of nitrogens with one attached hydrogen (secondary N) is 2. The number of thiocarbonyl (C=S) groups is 1. The normalized spacial score (nSPS) is 10.4. The van der Waals surface area contributed by atoms with E-state index in [1.54, 1.807) is 38.1 Å². The molecule has 0 fully saturated rings. The van der Waals surface area contributed by atoms with E-state index in [0.717, 1.165) is 11.3 Å². The summed E-state index contributed by atoms with van der Waals surface area (Å²) in [5.41, 5.74) is 0.980. The Bertz CT molecular complexity index is 832. The van der Waals surface area contributed by atoms with Crippen molar-refractivity contribution in [1.29, 1.82) is 0 Å². The van der Waals surface area contributed by atoms with Crippen LogP contribution in [-0.2, 0) is 4.74 Å². The molecule has 2 rings (SSSR count). The van der Waals surface area contributed by atoms with Crippen LogP contribution in [0.15, 0.2) is 24.3 Å². The van der Waals surface area contributed by atoms with Crippen molar-refractivity contribution >= 4 is 45.7 Å². The molecule has 1 heterocycles. The maximum atomic E-state index is 12.3. The van der Waals surface area contributed by atoms with E-state index in [1.165, 1.54) is 0 Å². The molecule has 0 aliphatic heterocycles. The molecule has 1 amide bonds. The van der Waals surface area contributed by atoms with Crippen LogP contribution in [-0.4, -0.2) is 34.7 Å². The molecular formula is C18H21N3O4S2. The summed E-state index contributed by atoms with van der Waals surface area (Å²) in [6.45, 7) is 7.58. The molecule has 0 saturated heterocycles. The Morgan fingerprint density at radius 3 is 2.52 bits per heavy atom. The molecule has 27 heavy (non-hydrogen) atoms. The van der Waals surface area contributed by atoms with E-state index in [0.29, 0.717) is 27.0 Å². The fourth-order valence-electron chi connectivity index (χ4n) is 2.10. The lowest BCUT2D eigenvalue weighted by molar-refractivity contribution is 0.0531. The number of carbonyl (C=O) groups is 2. The number of esters is 1. The monoisotopic (exact) mass is 407 g/mol. The van der Waals surface area contributed by atoms with Gasteiger partial charge in [0, 0.05) is 5.56 Å². The van der Waals surface area contributed by atoms with Crippen molar-refractivity contribution in [3.63, 3.8) is 0 Å². The van der Waals surface area contributed by atoms with E-state index in [-0.39, 0.29) is 23.7 Å². The van der Waals surface area contributed by atoms with Crippen molar-refractivity contribution in [2.75, 3.05) is 11.9 Å². The fraction of sp³-hybridized carbons (Fsp3) is 0.333. The van der Waals surface area contributed by atoms with Crippen molar-refractivity contribution in [2.45, 2.75) is 33.8 Å². The molecule has 9 heteroatoms. The molecule has 2 N–H and O–H groups in total. The zero-order chi connectivity index (χ0) is 20.0. The first-order chi connectivity index (χ1) is 12.8. The predicted octanol–water partition coefficient (Wildman–Crippen LogP) is 3.54. The van der Waals surface area contributed by atoms with Gasteiger partial charge in [0.25, 0.3) is 5.91 Å². The summed E-state index contributed by atoms with van der Waals surface area (Å²) in [4.78, 5) is 28.7. The van der Waals surface area contributed by atoms with E-state index in [2.05, 4.69) is 15.6 Å². The third-order valence-electron chi connectivity index (χ3n) is 3.19. The smallest absolute Gasteiger partial charge is 0.350 e. The highest BCUT2D eigenvalue weighted by Gasteiger charge is 2.17. The van der Waals surface area contributed by atoms with Crippen LogP contribution in [0.4, 0.5) is 5.13 Å². The Morgan fingerprint density at radius 2 is 1.93 bits per heavy atom. The van der Waals surface area contributed by atoms with Crippen molar-refractivity contribution < 1.29 is 19.1 Å². The molecule has 0 unspecified atom stereocenters. The number of carbonyl (C=O) groups excluding carboxylic acids is 2. The summed E-state index contributed by atoms with van der Waals surface area (Å²) in [5.74, 6) is -0.103. The van der Waals surface area contributed by atoms with Gasteiger partial charge in [0.15, 0.2) is 10.2 Å². The van der Waals surface area contributed by atoms with E-state index in [1.807, 2.05) is 13.8 Å². The lowest BCUT2D eigenvalue weighted by Crippen LogP contribution is -2.34. The van der Waals surface area contributed by atoms with Crippen LogP contribution >= 0.6 is 23.6 Å². The molecule has 144 valence electrons. The number of hydrogen-bond acceptors (Lipinski definition) is 7. The van der Waals surface area contributed by atoms with Crippen LogP contribution in [0.2, 0.25) is 0 Å². The summed E-state index contributed by atoms with van der Waals surface area (Å²) in [6.07, 6.45) is 0.0581. The molecule has 0 spiro atoms. The van der Waals surface area contributed by atoms with Gasteiger partial charge in [0.2, 0.25) is 0 Å². The summed E-state index contributed by atoms with van der Waals surface area (Å²) in [5, 5.41) is 5.89. The average molecular weight is 408 g/mol. The number of nitrogens with zero attached hydrogens (tertiary/aromatic N) is 1. The quantitative estimate of drug-likeness (QED) is 0.559. The lowest BCUT2D eigenvalue weighted by atomic mass is 10.2. The maximum Gasteiger partial charge on any atom is 0.350 e. The van der Waals surface area contributed by atoms with Gasteiger partial charge >= 0.3 is 5.97 Å². The summed E-state index contributed by atoms with van der Waals surface area (Å²) in [7, 11) is 0. The summed E-state index contributed by atoms with van der Waals surface area (Å²) >= 11 is 6.26. The van der Waals surface area contributed by atoms with Crippen molar-refractivity contribution in [1.82, 2.24) is 10.3 Å². The molecule has 0 bridgehead atoms. The van der Waals surface area contributed by atoms with Crippen LogP contribution < -0.4 is 15.4 Å². The van der Waals surface area contributed by atoms with Crippen molar-refractivity contribution in [2.24, 2.45) is 0 Å². The fourth-order valence-corrected chi connectivity index (χ4v) is 3.22. The molecule has 0 aliphatic carbocycles. The SMILES string of the molecule is CCOC(=O)c1sc(NC(=S)NC(=O)c2ccc(OC(C)C)cc2)nc1C. The van der Waals surface area contributed by atoms with E-state index in [9.17, 15) is 9.59 Å². The number of benzene rings is 1. The first kappa shape index (κ1) is 20.8. The van der Waals surface area contributed by atoms with E-state index in [4.69, 9.17) is 21.7 Å². The third kappa shape index (κ3) is 6.00. The molecule has 1 aromatic carbocycles. The van der Waals surface area contributed by atoms with Crippen LogP contribution in [0.3, 0.4) is 0 Å². The van der Waals surface area contributed by atoms with Gasteiger partial charge in [-0.15, -0.1) is 0 Å². The third-order valence-corrected chi connectivity index (χ3v) is 4.45. The highest BCUT2D eigenvalue weighted by atomic mass is 32.1. The Hall–Kier alpha value is -2.52. The summed E-state index contributed by atoms with van der Waals surface area (Å²) < 4.78 is 10.5. The van der Waals surface area contributed by atoms with Crippen molar-refractivity contribution in [3.8, 4) is 5.75 Å². The number of aryl methyl sites for hydroxylation is 1. The molecule has 0 aliphatic rings. The molecule has 0 radical (unpaired) electrons. The Labute approximate surface area is 167 Å². The van der Waals surface area contributed by atoms with Gasteiger partial charge < -0.3 is 14.8 Å². The zero-order valence-corrected chi connectivity index (χ0v) is 17.1. The standard InChI is InChI=1S/C18H21N3O4S2/c1-5-24-16(23)14-11(4)19-18(27-14)21-17(26)20-15(22)12-6-8-13(9-7-12)25-10(2)3/h6-10H,5H2,1-4H3,(H2,19,20,21,22,26). The maximum absolute atomic E-state index is 12.3. The molecule has 7 nitrogen and oxygen atoms in total. The van der Waals surface area contributed by atoms with Crippen molar-refractivity contribution in [3.05, 3.63) is 40.4 Å². The highest BCUT2D eigenvalue weighted by molar-refractivity contribution is 7.80. The highest BCUT2D eigenvalue weighted by Crippen LogP contribution is 2.23. The molecule has 0 atom stereocenters. The van der Waals surface area contributed by atoms with Crippen LogP contribution in [0.1, 0.15) is 46.5 Å². The van der Waals surface area contributed by atoms with Gasteiger partial charge in [-0.2, -0.15) is 0 Å². The first-order valence-corrected chi connectivity index (χ1v) is 9.56. The minimum Gasteiger partial charge on any atom is -0.491 e. The molecule has 1 aromatic heterocycles. The zero-order valence-electron chi connectivity index (χ0n) is 15.5. The van der Waals surface area contributed by atoms with Gasteiger partial charge in [0.05, 0.1) is 18.4 Å². The van der Waals surface area contributed by atoms with Gasteiger partial charge in [-0.3, -0.25) is 10.1 Å². The predicted molar refractivity (Wildman–Crippen MR) is 109 cm³/mol. The number of hydrogen-bond donors (Lipinski definition) is 2. The lowest BCUT2D eigenvalue weighted by Gasteiger charge is -2.10. The molecule has 2 aromatic rings. The number of anilines is 1. The van der Waals surface area contributed by atoms with Crippen LogP contribution in [0.5, 0.6) is 5.75 Å². The van der Waals surface area contributed by atoms with Gasteiger partial charge in [-0.05, 0) is 64.2 Å². The van der Waals surface area contributed by atoms with Crippen LogP contribution in [0, 0.1) is 6.92 Å². The second kappa shape index (κ2) is 9.43. The van der Waals surface area contributed by atoms with E-state index < -0.39 is 5.97 Å². The second-order valence-electron chi connectivity index (χ2n) is 5.75. The number of rotatable bonds is 6. The minimum absolute atomic E-state index is 0.0581. The number of aromatic nitrogens is 1. The molecular weight excluding hydrogens is 386 g/mol. The van der Waals surface area contributed by atoms with Crippen LogP contribution in [0.25, 0.3) is 0 Å². The van der Waals surface area contributed by atoms with E-state index >= 15 is 0 Å². The first-order valence-electron chi connectivity index (χ1n) is 8.33.